The maximum absolute atomic E-state index is 12.4. The highest BCUT2D eigenvalue weighted by Gasteiger charge is 2.21. The number of ether oxygens (including phenoxy) is 2. The van der Waals surface area contributed by atoms with Gasteiger partial charge in [-0.25, -0.2) is 0 Å². The molecule has 0 aliphatic carbocycles. The minimum Gasteiger partial charge on any atom is -0.493 e. The average Bonchev–Trinajstić information content (AvgIpc) is 3.09. The lowest BCUT2D eigenvalue weighted by Gasteiger charge is -2.16. The van der Waals surface area contributed by atoms with Crippen LogP contribution < -0.4 is 19.7 Å². The van der Waals surface area contributed by atoms with Crippen LogP contribution in [0.1, 0.15) is 18.4 Å². The third-order valence-electron chi connectivity index (χ3n) is 4.44. The SMILES string of the molecule is COc1cc(Br)c(CC(=O)Nc2ccc(N3CCCC3=O)cc2)cc1OC. The fraction of sp³-hybridized carbons (Fsp3) is 0.300. The van der Waals surface area contributed by atoms with Crippen molar-refractivity contribution in [3.63, 3.8) is 0 Å². The molecule has 0 saturated carbocycles. The molecule has 2 aromatic carbocycles. The summed E-state index contributed by atoms with van der Waals surface area (Å²) in [5.74, 6) is 1.17. The molecule has 2 aromatic rings. The molecule has 0 bridgehead atoms. The molecule has 3 rings (SSSR count). The van der Waals surface area contributed by atoms with Crippen molar-refractivity contribution in [2.24, 2.45) is 0 Å². The predicted octanol–water partition coefficient (Wildman–Crippen LogP) is 3.77. The summed E-state index contributed by atoms with van der Waals surface area (Å²) < 4.78 is 11.3. The Morgan fingerprint density at radius 3 is 2.41 bits per heavy atom. The number of carbonyl (C=O) groups excluding carboxylic acids is 2. The maximum atomic E-state index is 12.4. The zero-order valence-corrected chi connectivity index (χ0v) is 16.8. The van der Waals surface area contributed by atoms with Crippen molar-refractivity contribution >= 4 is 39.1 Å². The smallest absolute Gasteiger partial charge is 0.228 e. The lowest BCUT2D eigenvalue weighted by molar-refractivity contribution is -0.117. The molecule has 1 saturated heterocycles. The van der Waals surface area contributed by atoms with Crippen LogP contribution in [0.2, 0.25) is 0 Å². The van der Waals surface area contributed by atoms with Gasteiger partial charge in [0.25, 0.3) is 0 Å². The van der Waals surface area contributed by atoms with E-state index in [0.717, 1.165) is 28.7 Å². The van der Waals surface area contributed by atoms with Crippen LogP contribution in [-0.2, 0) is 16.0 Å². The molecule has 0 unspecified atom stereocenters. The normalized spacial score (nSPS) is 13.6. The standard InChI is InChI=1S/C20H21BrN2O4/c1-26-17-10-13(16(21)12-18(17)27-2)11-19(24)22-14-5-7-15(8-6-14)23-9-3-4-20(23)25/h5-8,10,12H,3-4,9,11H2,1-2H3,(H,22,24). The largest absolute Gasteiger partial charge is 0.493 e. The Hall–Kier alpha value is -2.54. The third-order valence-corrected chi connectivity index (χ3v) is 5.18. The second-order valence-electron chi connectivity index (χ2n) is 6.22. The fourth-order valence-corrected chi connectivity index (χ4v) is 3.52. The minimum absolute atomic E-state index is 0.144. The van der Waals surface area contributed by atoms with Gasteiger partial charge >= 0.3 is 0 Å². The first-order valence-electron chi connectivity index (χ1n) is 8.62. The van der Waals surface area contributed by atoms with Crippen molar-refractivity contribution in [1.29, 1.82) is 0 Å². The van der Waals surface area contributed by atoms with E-state index in [9.17, 15) is 9.59 Å². The van der Waals surface area contributed by atoms with E-state index in [1.807, 2.05) is 24.3 Å². The highest BCUT2D eigenvalue weighted by Crippen LogP contribution is 2.33. The highest BCUT2D eigenvalue weighted by molar-refractivity contribution is 9.10. The van der Waals surface area contributed by atoms with Crippen molar-refractivity contribution in [3.05, 3.63) is 46.4 Å². The topological polar surface area (TPSA) is 67.9 Å². The van der Waals surface area contributed by atoms with E-state index in [2.05, 4.69) is 21.2 Å². The lowest BCUT2D eigenvalue weighted by Crippen LogP contribution is -2.23. The Morgan fingerprint density at radius 2 is 1.81 bits per heavy atom. The zero-order valence-electron chi connectivity index (χ0n) is 15.3. The van der Waals surface area contributed by atoms with Crippen LogP contribution in [0.25, 0.3) is 0 Å². The van der Waals surface area contributed by atoms with Crippen molar-refractivity contribution in [1.82, 2.24) is 0 Å². The molecule has 1 fully saturated rings. The van der Waals surface area contributed by atoms with Gasteiger partial charge in [-0.2, -0.15) is 0 Å². The molecule has 6 nitrogen and oxygen atoms in total. The Bertz CT molecular complexity index is 852. The number of carbonyl (C=O) groups is 2. The first-order valence-corrected chi connectivity index (χ1v) is 9.42. The van der Waals surface area contributed by atoms with Crippen LogP contribution in [0.4, 0.5) is 11.4 Å². The number of nitrogens with zero attached hydrogens (tertiary/aromatic N) is 1. The van der Waals surface area contributed by atoms with Crippen molar-refractivity contribution in [2.45, 2.75) is 19.3 Å². The fourth-order valence-electron chi connectivity index (χ4n) is 3.06. The van der Waals surface area contributed by atoms with Crippen LogP contribution in [-0.4, -0.2) is 32.6 Å². The molecular formula is C20H21BrN2O4. The summed E-state index contributed by atoms with van der Waals surface area (Å²) in [5.41, 5.74) is 2.34. The highest BCUT2D eigenvalue weighted by atomic mass is 79.9. The monoisotopic (exact) mass is 432 g/mol. The van der Waals surface area contributed by atoms with E-state index in [0.29, 0.717) is 23.6 Å². The van der Waals surface area contributed by atoms with E-state index in [1.165, 1.54) is 0 Å². The summed E-state index contributed by atoms with van der Waals surface area (Å²) >= 11 is 3.47. The van der Waals surface area contributed by atoms with Crippen molar-refractivity contribution in [3.8, 4) is 11.5 Å². The van der Waals surface area contributed by atoms with Gasteiger partial charge < -0.3 is 19.7 Å². The lowest BCUT2D eigenvalue weighted by atomic mass is 10.1. The number of methoxy groups -OCH3 is 2. The second-order valence-corrected chi connectivity index (χ2v) is 7.07. The van der Waals surface area contributed by atoms with Gasteiger partial charge in [-0.1, -0.05) is 15.9 Å². The number of halogens is 1. The molecule has 2 amide bonds. The number of benzene rings is 2. The average molecular weight is 433 g/mol. The van der Waals surface area contributed by atoms with Crippen molar-refractivity contribution in [2.75, 3.05) is 31.0 Å². The van der Waals surface area contributed by atoms with Crippen LogP contribution in [0.3, 0.4) is 0 Å². The van der Waals surface area contributed by atoms with E-state index in [1.54, 1.807) is 31.3 Å². The predicted molar refractivity (Wildman–Crippen MR) is 108 cm³/mol. The molecule has 142 valence electrons. The molecule has 27 heavy (non-hydrogen) atoms. The van der Waals surface area contributed by atoms with Crippen molar-refractivity contribution < 1.29 is 19.1 Å². The van der Waals surface area contributed by atoms with E-state index in [4.69, 9.17) is 9.47 Å². The van der Waals surface area contributed by atoms with Gasteiger partial charge in [-0.15, -0.1) is 0 Å². The number of hydrogen-bond acceptors (Lipinski definition) is 4. The summed E-state index contributed by atoms with van der Waals surface area (Å²) in [7, 11) is 3.12. The van der Waals surface area contributed by atoms with Gasteiger partial charge in [0.15, 0.2) is 11.5 Å². The summed E-state index contributed by atoms with van der Waals surface area (Å²) in [4.78, 5) is 26.0. The molecule has 0 atom stereocenters. The van der Waals surface area contributed by atoms with Gasteiger partial charge in [-0.3, -0.25) is 9.59 Å². The van der Waals surface area contributed by atoms with Gasteiger partial charge in [-0.05, 0) is 48.4 Å². The number of hydrogen-bond donors (Lipinski definition) is 1. The molecule has 1 N–H and O–H groups in total. The molecule has 0 aromatic heterocycles. The maximum Gasteiger partial charge on any atom is 0.228 e. The van der Waals surface area contributed by atoms with Gasteiger partial charge in [0.2, 0.25) is 11.8 Å². The van der Waals surface area contributed by atoms with Gasteiger partial charge in [0, 0.05) is 28.8 Å². The van der Waals surface area contributed by atoms with E-state index >= 15 is 0 Å². The number of rotatable bonds is 6. The summed E-state index contributed by atoms with van der Waals surface area (Å²) in [6.45, 7) is 0.748. The Morgan fingerprint density at radius 1 is 1.15 bits per heavy atom. The van der Waals surface area contributed by atoms with E-state index < -0.39 is 0 Å². The molecule has 1 aliphatic rings. The van der Waals surface area contributed by atoms with Crippen LogP contribution in [0, 0.1) is 0 Å². The zero-order chi connectivity index (χ0) is 19.4. The molecular weight excluding hydrogens is 412 g/mol. The Balaban J connectivity index is 1.66. The van der Waals surface area contributed by atoms with E-state index in [-0.39, 0.29) is 18.2 Å². The van der Waals surface area contributed by atoms with Gasteiger partial charge in [0.1, 0.15) is 0 Å². The summed E-state index contributed by atoms with van der Waals surface area (Å²) in [5, 5.41) is 2.88. The van der Waals surface area contributed by atoms with Crippen LogP contribution in [0.15, 0.2) is 40.9 Å². The Labute approximate surface area is 166 Å². The second kappa shape index (κ2) is 8.43. The molecule has 1 heterocycles. The number of anilines is 2. The quantitative estimate of drug-likeness (QED) is 0.753. The summed E-state index contributed by atoms with van der Waals surface area (Å²) in [6.07, 6.45) is 1.67. The number of nitrogens with one attached hydrogen (secondary N) is 1. The Kier molecular flexibility index (Phi) is 6.01. The van der Waals surface area contributed by atoms with Crippen LogP contribution in [0.5, 0.6) is 11.5 Å². The minimum atomic E-state index is -0.145. The molecule has 1 aliphatic heterocycles. The molecule has 7 heteroatoms. The first kappa shape index (κ1) is 19.2. The van der Waals surface area contributed by atoms with Gasteiger partial charge in [0.05, 0.1) is 20.6 Å². The number of amides is 2. The molecule has 0 spiro atoms. The first-order chi connectivity index (χ1) is 13.0. The van der Waals surface area contributed by atoms with Crippen LogP contribution >= 0.6 is 15.9 Å². The molecule has 0 radical (unpaired) electrons. The summed E-state index contributed by atoms with van der Waals surface area (Å²) in [6, 6.07) is 10.9. The third kappa shape index (κ3) is 4.42.